The van der Waals surface area contributed by atoms with E-state index in [1.807, 2.05) is 18.2 Å². The van der Waals surface area contributed by atoms with E-state index in [9.17, 15) is 4.79 Å². The molecule has 1 aliphatic rings. The number of nitrogens with one attached hydrogen (secondary N) is 1. The first-order chi connectivity index (χ1) is 9.66. The molecular formula is C16H25N3O. The molecule has 1 saturated carbocycles. The molecule has 1 aliphatic carbocycles. The van der Waals surface area contributed by atoms with Crippen LogP contribution in [0.15, 0.2) is 30.3 Å². The number of aryl methyl sites for hydroxylation is 1. The quantitative estimate of drug-likeness (QED) is 0.748. The topological polar surface area (TPSA) is 58.4 Å². The summed E-state index contributed by atoms with van der Waals surface area (Å²) < 4.78 is 0. The van der Waals surface area contributed by atoms with Gasteiger partial charge in [-0.3, -0.25) is 4.79 Å². The third kappa shape index (κ3) is 4.94. The van der Waals surface area contributed by atoms with Gasteiger partial charge in [-0.2, -0.15) is 0 Å². The van der Waals surface area contributed by atoms with Crippen LogP contribution in [0.2, 0.25) is 0 Å². The number of rotatable bonds is 8. The molecule has 0 unspecified atom stereocenters. The fourth-order valence-electron chi connectivity index (χ4n) is 2.28. The molecule has 4 nitrogen and oxygen atoms in total. The molecule has 1 aromatic carbocycles. The highest BCUT2D eigenvalue weighted by Gasteiger charge is 2.25. The van der Waals surface area contributed by atoms with Gasteiger partial charge >= 0.3 is 0 Å². The summed E-state index contributed by atoms with van der Waals surface area (Å²) in [7, 11) is 2.11. The van der Waals surface area contributed by atoms with Crippen molar-refractivity contribution < 1.29 is 4.79 Å². The van der Waals surface area contributed by atoms with Gasteiger partial charge in [0.05, 0.1) is 6.04 Å². The summed E-state index contributed by atoms with van der Waals surface area (Å²) >= 11 is 0. The van der Waals surface area contributed by atoms with Crippen LogP contribution in [-0.4, -0.2) is 43.0 Å². The van der Waals surface area contributed by atoms with E-state index in [-0.39, 0.29) is 5.91 Å². The molecule has 0 saturated heterocycles. The number of benzene rings is 1. The van der Waals surface area contributed by atoms with E-state index in [0.29, 0.717) is 13.0 Å². The smallest absolute Gasteiger partial charge is 0.236 e. The fourth-order valence-corrected chi connectivity index (χ4v) is 2.28. The second-order valence-corrected chi connectivity index (χ2v) is 5.63. The number of hydrogen-bond acceptors (Lipinski definition) is 3. The third-order valence-electron chi connectivity index (χ3n) is 3.86. The highest BCUT2D eigenvalue weighted by Crippen LogP contribution is 2.24. The molecule has 1 atom stereocenters. The van der Waals surface area contributed by atoms with Crippen molar-refractivity contribution in [2.45, 2.75) is 37.8 Å². The van der Waals surface area contributed by atoms with Gasteiger partial charge in [-0.15, -0.1) is 0 Å². The molecule has 2 rings (SSSR count). The Morgan fingerprint density at radius 1 is 1.40 bits per heavy atom. The predicted octanol–water partition coefficient (Wildman–Crippen LogP) is 1.16. The zero-order valence-corrected chi connectivity index (χ0v) is 12.2. The van der Waals surface area contributed by atoms with E-state index in [1.165, 1.54) is 18.4 Å². The van der Waals surface area contributed by atoms with Gasteiger partial charge in [0.25, 0.3) is 0 Å². The van der Waals surface area contributed by atoms with E-state index in [0.717, 1.165) is 19.0 Å². The lowest BCUT2D eigenvalue weighted by atomic mass is 10.1. The van der Waals surface area contributed by atoms with Crippen LogP contribution >= 0.6 is 0 Å². The Balaban J connectivity index is 1.61. The number of amides is 1. The van der Waals surface area contributed by atoms with Crippen molar-refractivity contribution in [1.82, 2.24) is 10.2 Å². The predicted molar refractivity (Wildman–Crippen MR) is 81.4 cm³/mol. The van der Waals surface area contributed by atoms with Gasteiger partial charge in [0.1, 0.15) is 0 Å². The molecule has 1 amide bonds. The van der Waals surface area contributed by atoms with Crippen molar-refractivity contribution in [2.75, 3.05) is 20.1 Å². The zero-order chi connectivity index (χ0) is 14.4. The maximum atomic E-state index is 11.9. The molecule has 1 aromatic rings. The minimum Gasteiger partial charge on any atom is -0.353 e. The first-order valence-corrected chi connectivity index (χ1v) is 7.44. The highest BCUT2D eigenvalue weighted by atomic mass is 16.2. The van der Waals surface area contributed by atoms with Gasteiger partial charge in [0, 0.05) is 19.1 Å². The second-order valence-electron chi connectivity index (χ2n) is 5.63. The largest absolute Gasteiger partial charge is 0.353 e. The Kier molecular flexibility index (Phi) is 5.56. The minimum atomic E-state index is -0.415. The average Bonchev–Trinajstić information content (AvgIpc) is 3.30. The molecule has 4 heteroatoms. The number of carbonyl (C=O) groups excluding carboxylic acids is 1. The van der Waals surface area contributed by atoms with E-state index < -0.39 is 6.04 Å². The molecule has 0 spiro atoms. The molecule has 0 bridgehead atoms. The molecule has 0 aliphatic heterocycles. The molecule has 3 N–H and O–H groups in total. The Morgan fingerprint density at radius 2 is 2.10 bits per heavy atom. The van der Waals surface area contributed by atoms with Gasteiger partial charge < -0.3 is 16.0 Å². The van der Waals surface area contributed by atoms with Crippen LogP contribution in [0.4, 0.5) is 0 Å². The van der Waals surface area contributed by atoms with E-state index in [1.54, 1.807) is 0 Å². The number of carbonyl (C=O) groups is 1. The molecule has 20 heavy (non-hydrogen) atoms. The van der Waals surface area contributed by atoms with Gasteiger partial charge in [-0.05, 0) is 38.3 Å². The Hall–Kier alpha value is -1.39. The normalized spacial score (nSPS) is 16.1. The van der Waals surface area contributed by atoms with Crippen molar-refractivity contribution in [2.24, 2.45) is 5.73 Å². The highest BCUT2D eigenvalue weighted by molar-refractivity contribution is 5.81. The van der Waals surface area contributed by atoms with E-state index in [4.69, 9.17) is 5.73 Å². The molecular weight excluding hydrogens is 250 g/mol. The lowest BCUT2D eigenvalue weighted by Gasteiger charge is -2.17. The molecule has 0 radical (unpaired) electrons. The molecule has 0 heterocycles. The van der Waals surface area contributed by atoms with Crippen LogP contribution in [0.1, 0.15) is 24.8 Å². The third-order valence-corrected chi connectivity index (χ3v) is 3.86. The summed E-state index contributed by atoms with van der Waals surface area (Å²) in [6.45, 7) is 1.59. The molecule has 110 valence electrons. The van der Waals surface area contributed by atoms with Gasteiger partial charge in [-0.25, -0.2) is 0 Å². The first-order valence-electron chi connectivity index (χ1n) is 7.44. The Labute approximate surface area is 121 Å². The standard InChI is InChI=1S/C16H25N3O/c1-19(14-8-9-14)12-11-18-16(20)15(17)10-7-13-5-3-2-4-6-13/h2-6,14-15H,7-12,17H2,1H3,(H,18,20)/t15-/m0/s1. The van der Waals surface area contributed by atoms with Gasteiger partial charge in [0.2, 0.25) is 5.91 Å². The van der Waals surface area contributed by atoms with Crippen molar-refractivity contribution in [3.05, 3.63) is 35.9 Å². The number of likely N-dealkylation sites (N-methyl/N-ethyl adjacent to an activating group) is 1. The SMILES string of the molecule is CN(CCNC(=O)[C@@H](N)CCc1ccccc1)C1CC1. The molecule has 1 fully saturated rings. The van der Waals surface area contributed by atoms with Crippen molar-refractivity contribution in [1.29, 1.82) is 0 Å². The Morgan fingerprint density at radius 3 is 2.75 bits per heavy atom. The van der Waals surface area contributed by atoms with Gasteiger partial charge in [0.15, 0.2) is 0 Å². The lowest BCUT2D eigenvalue weighted by molar-refractivity contribution is -0.122. The van der Waals surface area contributed by atoms with Crippen LogP contribution < -0.4 is 11.1 Å². The summed E-state index contributed by atoms with van der Waals surface area (Å²) in [4.78, 5) is 14.2. The summed E-state index contributed by atoms with van der Waals surface area (Å²) in [5.74, 6) is -0.0369. The van der Waals surface area contributed by atoms with Crippen LogP contribution in [0.25, 0.3) is 0 Å². The van der Waals surface area contributed by atoms with Crippen LogP contribution in [0.3, 0.4) is 0 Å². The minimum absolute atomic E-state index is 0.0369. The Bertz CT molecular complexity index is 417. The van der Waals surface area contributed by atoms with E-state index in [2.05, 4.69) is 29.4 Å². The molecule has 0 aromatic heterocycles. The lowest BCUT2D eigenvalue weighted by Crippen LogP contribution is -2.43. The van der Waals surface area contributed by atoms with Crippen molar-refractivity contribution in [3.8, 4) is 0 Å². The summed E-state index contributed by atoms with van der Waals surface area (Å²) in [6.07, 6.45) is 4.12. The first kappa shape index (κ1) is 15.0. The fraction of sp³-hybridized carbons (Fsp3) is 0.562. The number of nitrogens with zero attached hydrogens (tertiary/aromatic N) is 1. The second kappa shape index (κ2) is 7.41. The average molecular weight is 275 g/mol. The number of nitrogens with two attached hydrogens (primary N) is 1. The van der Waals surface area contributed by atoms with Crippen molar-refractivity contribution in [3.63, 3.8) is 0 Å². The maximum absolute atomic E-state index is 11.9. The van der Waals surface area contributed by atoms with Crippen LogP contribution in [0.5, 0.6) is 0 Å². The maximum Gasteiger partial charge on any atom is 0.236 e. The van der Waals surface area contributed by atoms with Crippen LogP contribution in [-0.2, 0) is 11.2 Å². The van der Waals surface area contributed by atoms with E-state index >= 15 is 0 Å². The zero-order valence-electron chi connectivity index (χ0n) is 12.2. The van der Waals surface area contributed by atoms with Gasteiger partial charge in [-0.1, -0.05) is 30.3 Å². The monoisotopic (exact) mass is 275 g/mol. The van der Waals surface area contributed by atoms with Crippen molar-refractivity contribution >= 4 is 5.91 Å². The van der Waals surface area contributed by atoms with Crippen LogP contribution in [0, 0.1) is 0 Å². The number of hydrogen-bond donors (Lipinski definition) is 2. The summed E-state index contributed by atoms with van der Waals surface area (Å²) in [5, 5.41) is 2.93. The summed E-state index contributed by atoms with van der Waals surface area (Å²) in [5.41, 5.74) is 7.15. The summed E-state index contributed by atoms with van der Waals surface area (Å²) in [6, 6.07) is 10.5.